The first kappa shape index (κ1) is 15.4. The minimum absolute atomic E-state index is 0.321. The molecular formula is C14H27N3O. The van der Waals surface area contributed by atoms with E-state index in [0.29, 0.717) is 6.10 Å². The van der Waals surface area contributed by atoms with Gasteiger partial charge in [-0.05, 0) is 32.7 Å². The summed E-state index contributed by atoms with van der Waals surface area (Å²) in [5.41, 5.74) is -0.446. The zero-order chi connectivity index (χ0) is 13.4. The molecule has 4 heteroatoms. The maximum absolute atomic E-state index is 9.37. The first-order chi connectivity index (χ1) is 8.63. The minimum Gasteiger partial charge on any atom is -0.377 e. The second kappa shape index (κ2) is 7.73. The van der Waals surface area contributed by atoms with Crippen molar-refractivity contribution in [1.29, 1.82) is 5.26 Å². The molecule has 1 saturated heterocycles. The van der Waals surface area contributed by atoms with Gasteiger partial charge in [0.1, 0.15) is 5.54 Å². The summed E-state index contributed by atoms with van der Waals surface area (Å²) in [6.45, 7) is 10.8. The summed E-state index contributed by atoms with van der Waals surface area (Å²) in [5, 5.41) is 12.7. The summed E-state index contributed by atoms with van der Waals surface area (Å²) < 4.78 is 5.77. The highest BCUT2D eigenvalue weighted by molar-refractivity contribution is 5.05. The Hall–Kier alpha value is -0.630. The Kier molecular flexibility index (Phi) is 6.62. The molecule has 0 aliphatic carbocycles. The number of nitrogens with one attached hydrogen (secondary N) is 1. The Morgan fingerprint density at radius 1 is 1.50 bits per heavy atom. The fourth-order valence-electron chi connectivity index (χ4n) is 2.34. The zero-order valence-electron chi connectivity index (χ0n) is 12.0. The summed E-state index contributed by atoms with van der Waals surface area (Å²) in [7, 11) is 0. The van der Waals surface area contributed by atoms with E-state index in [1.807, 2.05) is 6.92 Å². The van der Waals surface area contributed by atoms with Gasteiger partial charge in [0.25, 0.3) is 0 Å². The van der Waals surface area contributed by atoms with Crippen LogP contribution in [-0.2, 0) is 4.74 Å². The van der Waals surface area contributed by atoms with Crippen molar-refractivity contribution in [1.82, 2.24) is 10.2 Å². The number of nitriles is 1. The van der Waals surface area contributed by atoms with E-state index in [0.717, 1.165) is 52.0 Å². The molecule has 0 saturated carbocycles. The predicted octanol–water partition coefficient (Wildman–Crippen LogP) is 1.77. The van der Waals surface area contributed by atoms with Crippen LogP contribution in [0.15, 0.2) is 0 Å². The van der Waals surface area contributed by atoms with Crippen LogP contribution in [0.4, 0.5) is 0 Å². The fourth-order valence-corrected chi connectivity index (χ4v) is 2.34. The maximum atomic E-state index is 9.37. The van der Waals surface area contributed by atoms with Gasteiger partial charge >= 0.3 is 0 Å². The van der Waals surface area contributed by atoms with E-state index in [-0.39, 0.29) is 0 Å². The molecule has 0 aromatic rings. The quantitative estimate of drug-likeness (QED) is 0.784. The van der Waals surface area contributed by atoms with E-state index in [1.54, 1.807) is 0 Å². The van der Waals surface area contributed by atoms with Gasteiger partial charge in [-0.1, -0.05) is 13.8 Å². The lowest BCUT2D eigenvalue weighted by molar-refractivity contribution is 0.0497. The van der Waals surface area contributed by atoms with Crippen LogP contribution >= 0.6 is 0 Å². The predicted molar refractivity (Wildman–Crippen MR) is 73.4 cm³/mol. The summed E-state index contributed by atoms with van der Waals surface area (Å²) in [6, 6.07) is 2.42. The van der Waals surface area contributed by atoms with Crippen LogP contribution in [-0.4, -0.2) is 49.3 Å². The smallest absolute Gasteiger partial charge is 0.116 e. The lowest BCUT2D eigenvalue weighted by Crippen LogP contribution is -2.51. The molecule has 2 atom stereocenters. The molecule has 1 aliphatic heterocycles. The molecule has 18 heavy (non-hydrogen) atoms. The molecule has 0 spiro atoms. The number of hydrogen-bond donors (Lipinski definition) is 1. The average molecular weight is 253 g/mol. The number of nitrogens with zero attached hydrogens (tertiary/aromatic N) is 2. The van der Waals surface area contributed by atoms with Gasteiger partial charge in [0.05, 0.1) is 12.2 Å². The monoisotopic (exact) mass is 253 g/mol. The van der Waals surface area contributed by atoms with Gasteiger partial charge < -0.3 is 4.74 Å². The van der Waals surface area contributed by atoms with Crippen LogP contribution in [0.3, 0.4) is 0 Å². The van der Waals surface area contributed by atoms with Gasteiger partial charge in [0.15, 0.2) is 0 Å². The van der Waals surface area contributed by atoms with Crippen LogP contribution in [0.2, 0.25) is 0 Å². The summed E-state index contributed by atoms with van der Waals surface area (Å²) in [5.74, 6) is 0. The van der Waals surface area contributed by atoms with E-state index in [4.69, 9.17) is 4.74 Å². The van der Waals surface area contributed by atoms with Crippen LogP contribution in [0.1, 0.15) is 40.0 Å². The van der Waals surface area contributed by atoms with Crippen molar-refractivity contribution in [3.05, 3.63) is 0 Å². The van der Waals surface area contributed by atoms with Crippen LogP contribution in [0, 0.1) is 11.3 Å². The normalized spacial score (nSPS) is 25.1. The average Bonchev–Trinajstić information content (AvgIpc) is 2.61. The molecule has 1 heterocycles. The van der Waals surface area contributed by atoms with Crippen molar-refractivity contribution < 1.29 is 4.74 Å². The van der Waals surface area contributed by atoms with E-state index >= 15 is 0 Å². The second-order valence-electron chi connectivity index (χ2n) is 5.36. The topological polar surface area (TPSA) is 48.3 Å². The lowest BCUT2D eigenvalue weighted by atomic mass is 10.0. The van der Waals surface area contributed by atoms with Crippen LogP contribution in [0.25, 0.3) is 0 Å². The highest BCUT2D eigenvalue weighted by Gasteiger charge is 2.28. The van der Waals surface area contributed by atoms with Gasteiger partial charge in [0.2, 0.25) is 0 Å². The molecule has 1 fully saturated rings. The lowest BCUT2D eigenvalue weighted by Gasteiger charge is -2.31. The summed E-state index contributed by atoms with van der Waals surface area (Å²) >= 11 is 0. The fraction of sp³-hybridized carbons (Fsp3) is 0.929. The minimum atomic E-state index is -0.446. The number of hydrogen-bond acceptors (Lipinski definition) is 4. The third kappa shape index (κ3) is 4.93. The molecule has 2 unspecified atom stereocenters. The van der Waals surface area contributed by atoms with Crippen molar-refractivity contribution in [3.8, 4) is 6.07 Å². The molecule has 0 radical (unpaired) electrons. The molecule has 0 aromatic heterocycles. The number of rotatable bonds is 6. The van der Waals surface area contributed by atoms with E-state index in [1.165, 1.54) is 0 Å². The van der Waals surface area contributed by atoms with Gasteiger partial charge in [-0.3, -0.25) is 10.2 Å². The molecule has 1 aliphatic rings. The Balaban J connectivity index is 2.54. The summed E-state index contributed by atoms with van der Waals surface area (Å²) in [6.07, 6.45) is 3.48. The molecule has 1 rings (SSSR count). The van der Waals surface area contributed by atoms with Crippen molar-refractivity contribution in [2.45, 2.75) is 51.7 Å². The molecule has 4 nitrogen and oxygen atoms in total. The van der Waals surface area contributed by atoms with Crippen LogP contribution in [0.5, 0.6) is 0 Å². The summed E-state index contributed by atoms with van der Waals surface area (Å²) in [4.78, 5) is 2.37. The van der Waals surface area contributed by atoms with Crippen molar-refractivity contribution in [2.75, 3.05) is 32.8 Å². The van der Waals surface area contributed by atoms with Gasteiger partial charge in [-0.15, -0.1) is 0 Å². The van der Waals surface area contributed by atoms with Crippen molar-refractivity contribution in [2.24, 2.45) is 0 Å². The van der Waals surface area contributed by atoms with Gasteiger partial charge in [0, 0.05) is 26.2 Å². The Bertz CT molecular complexity index is 277. The first-order valence-electron chi connectivity index (χ1n) is 7.13. The molecule has 0 aromatic carbocycles. The molecule has 0 amide bonds. The third-order valence-electron chi connectivity index (χ3n) is 3.44. The first-order valence-corrected chi connectivity index (χ1v) is 7.13. The zero-order valence-corrected chi connectivity index (χ0v) is 12.0. The van der Waals surface area contributed by atoms with Crippen LogP contribution < -0.4 is 5.32 Å². The van der Waals surface area contributed by atoms with E-state index in [9.17, 15) is 5.26 Å². The van der Waals surface area contributed by atoms with Crippen molar-refractivity contribution >= 4 is 0 Å². The standard InChI is InChI=1S/C14H27N3O/c1-4-7-16-14(3,11-15)12-17-8-6-9-18-13(5-2)10-17/h13,16H,4-10,12H2,1-3H3. The SMILES string of the molecule is CCCNC(C)(C#N)CN1CCCOC(CC)C1. The molecule has 0 bridgehead atoms. The Morgan fingerprint density at radius 3 is 2.89 bits per heavy atom. The van der Waals surface area contributed by atoms with E-state index < -0.39 is 5.54 Å². The highest BCUT2D eigenvalue weighted by atomic mass is 16.5. The maximum Gasteiger partial charge on any atom is 0.116 e. The number of ether oxygens (including phenoxy) is 1. The molecule has 104 valence electrons. The Morgan fingerprint density at radius 2 is 2.28 bits per heavy atom. The third-order valence-corrected chi connectivity index (χ3v) is 3.44. The van der Waals surface area contributed by atoms with Crippen molar-refractivity contribution in [3.63, 3.8) is 0 Å². The van der Waals surface area contributed by atoms with Gasteiger partial charge in [-0.2, -0.15) is 5.26 Å². The molecular weight excluding hydrogens is 226 g/mol. The Labute approximate surface area is 111 Å². The highest BCUT2D eigenvalue weighted by Crippen LogP contribution is 2.13. The van der Waals surface area contributed by atoms with Gasteiger partial charge in [-0.25, -0.2) is 0 Å². The van der Waals surface area contributed by atoms with E-state index in [2.05, 4.69) is 30.1 Å². The second-order valence-corrected chi connectivity index (χ2v) is 5.36. The largest absolute Gasteiger partial charge is 0.377 e. The molecule has 1 N–H and O–H groups in total.